The van der Waals surface area contributed by atoms with Crippen LogP contribution in [0.1, 0.15) is 29.4 Å². The molecular weight excluding hydrogens is 254 g/mol. The Balaban J connectivity index is 1.84. The molecule has 0 aliphatic carbocycles. The quantitative estimate of drug-likeness (QED) is 0.928. The van der Waals surface area contributed by atoms with Crippen molar-refractivity contribution in [2.24, 2.45) is 0 Å². The van der Waals surface area contributed by atoms with Gasteiger partial charge in [0, 0.05) is 18.2 Å². The van der Waals surface area contributed by atoms with E-state index >= 15 is 0 Å². The molecule has 104 valence electrons. The van der Waals surface area contributed by atoms with Gasteiger partial charge in [-0.05, 0) is 30.7 Å². The Morgan fingerprint density at radius 1 is 1.35 bits per heavy atom. The molecule has 4 nitrogen and oxygen atoms in total. The smallest absolute Gasteiger partial charge is 0.304 e. The van der Waals surface area contributed by atoms with Gasteiger partial charge in [0.2, 0.25) is 0 Å². The number of carbonyl (C=O) groups is 1. The maximum atomic E-state index is 11.0. The summed E-state index contributed by atoms with van der Waals surface area (Å²) in [6.45, 7) is 3.33. The van der Waals surface area contributed by atoms with Crippen LogP contribution >= 0.6 is 0 Å². The Morgan fingerprint density at radius 3 is 2.85 bits per heavy atom. The van der Waals surface area contributed by atoms with Gasteiger partial charge in [-0.25, -0.2) is 0 Å². The van der Waals surface area contributed by atoms with E-state index in [-0.39, 0.29) is 12.3 Å². The fraction of sp³-hybridized carbons (Fsp3) is 0.312. The van der Waals surface area contributed by atoms with E-state index in [1.54, 1.807) is 0 Å². The first-order valence-corrected chi connectivity index (χ1v) is 6.74. The average molecular weight is 271 g/mol. The van der Waals surface area contributed by atoms with Gasteiger partial charge in [-0.15, -0.1) is 0 Å². The third kappa shape index (κ3) is 2.41. The highest BCUT2D eigenvalue weighted by Crippen LogP contribution is 2.38. The van der Waals surface area contributed by atoms with Gasteiger partial charge in [-0.1, -0.05) is 18.2 Å². The Bertz CT molecular complexity index is 632. The second-order valence-corrected chi connectivity index (χ2v) is 5.25. The molecule has 2 aromatic rings. The minimum Gasteiger partial charge on any atom is -0.481 e. The normalized spacial score (nSPS) is 17.2. The summed E-state index contributed by atoms with van der Waals surface area (Å²) in [5.41, 5.74) is 2.24. The van der Waals surface area contributed by atoms with Crippen molar-refractivity contribution in [1.29, 1.82) is 0 Å². The number of benzene rings is 1. The molecule has 1 aliphatic rings. The lowest BCUT2D eigenvalue weighted by Crippen LogP contribution is -2.21. The molecular formula is C16H17NO3. The molecule has 4 heteroatoms. The minimum atomic E-state index is -0.750. The average Bonchev–Trinajstić information content (AvgIpc) is 2.95. The molecule has 1 unspecified atom stereocenters. The molecule has 3 rings (SSSR count). The first-order valence-electron chi connectivity index (χ1n) is 6.74. The van der Waals surface area contributed by atoms with E-state index in [0.717, 1.165) is 29.3 Å². The standard InChI is InChI=1S/C16H17NO3/c1-11-6-7-13(20-11)10-17-9-12(8-16(18)19)14-4-2-3-5-15(14)17/h2-7,12H,8-10H2,1H3,(H,18,19). The summed E-state index contributed by atoms with van der Waals surface area (Å²) in [7, 11) is 0. The lowest BCUT2D eigenvalue weighted by Gasteiger charge is -2.18. The highest BCUT2D eigenvalue weighted by molar-refractivity contribution is 5.71. The zero-order valence-electron chi connectivity index (χ0n) is 11.4. The SMILES string of the molecule is Cc1ccc(CN2CC(CC(=O)O)c3ccccc32)o1. The molecule has 1 aliphatic heterocycles. The van der Waals surface area contributed by atoms with E-state index in [4.69, 9.17) is 9.52 Å². The van der Waals surface area contributed by atoms with Crippen LogP contribution in [0.2, 0.25) is 0 Å². The maximum absolute atomic E-state index is 11.0. The number of rotatable bonds is 4. The van der Waals surface area contributed by atoms with Crippen LogP contribution < -0.4 is 4.90 Å². The molecule has 0 radical (unpaired) electrons. The van der Waals surface area contributed by atoms with Gasteiger partial charge in [0.1, 0.15) is 11.5 Å². The van der Waals surface area contributed by atoms with Gasteiger partial charge < -0.3 is 14.4 Å². The van der Waals surface area contributed by atoms with Crippen LogP contribution in [0.25, 0.3) is 0 Å². The summed E-state index contributed by atoms with van der Waals surface area (Å²) in [6.07, 6.45) is 0.171. The second-order valence-electron chi connectivity index (χ2n) is 5.25. The van der Waals surface area contributed by atoms with Crippen molar-refractivity contribution in [3.63, 3.8) is 0 Å². The van der Waals surface area contributed by atoms with E-state index in [1.165, 1.54) is 0 Å². The Kier molecular flexibility index (Phi) is 3.22. The van der Waals surface area contributed by atoms with Crippen molar-refractivity contribution >= 4 is 11.7 Å². The fourth-order valence-corrected chi connectivity index (χ4v) is 2.88. The summed E-state index contributed by atoms with van der Waals surface area (Å²) in [6, 6.07) is 12.0. The van der Waals surface area contributed by atoms with Crippen molar-refractivity contribution in [2.75, 3.05) is 11.4 Å². The number of nitrogens with zero attached hydrogens (tertiary/aromatic N) is 1. The summed E-state index contributed by atoms with van der Waals surface area (Å²) in [4.78, 5) is 13.2. The molecule has 20 heavy (non-hydrogen) atoms. The first-order chi connectivity index (χ1) is 9.63. The van der Waals surface area contributed by atoms with E-state index < -0.39 is 5.97 Å². The molecule has 1 atom stereocenters. The number of furan rings is 1. The minimum absolute atomic E-state index is 0.0553. The largest absolute Gasteiger partial charge is 0.481 e. The topological polar surface area (TPSA) is 53.7 Å². The van der Waals surface area contributed by atoms with Gasteiger partial charge >= 0.3 is 5.97 Å². The van der Waals surface area contributed by atoms with Crippen molar-refractivity contribution in [3.8, 4) is 0 Å². The molecule has 0 bridgehead atoms. The molecule has 1 N–H and O–H groups in total. The number of carboxylic acid groups (broad SMARTS) is 1. The van der Waals surface area contributed by atoms with Gasteiger partial charge in [0.15, 0.2) is 0 Å². The molecule has 0 saturated heterocycles. The van der Waals surface area contributed by atoms with E-state index in [0.29, 0.717) is 6.54 Å². The number of fused-ring (bicyclic) bond motifs is 1. The molecule has 0 fully saturated rings. The summed E-state index contributed by atoms with van der Waals surface area (Å²) in [5.74, 6) is 1.11. The summed E-state index contributed by atoms with van der Waals surface area (Å²) >= 11 is 0. The molecule has 1 aromatic carbocycles. The predicted molar refractivity (Wildman–Crippen MR) is 75.9 cm³/mol. The van der Waals surface area contributed by atoms with Crippen molar-refractivity contribution in [1.82, 2.24) is 0 Å². The molecule has 0 spiro atoms. The van der Waals surface area contributed by atoms with Gasteiger partial charge in [-0.2, -0.15) is 0 Å². The second kappa shape index (κ2) is 5.04. The van der Waals surface area contributed by atoms with Crippen LogP contribution in [0.15, 0.2) is 40.8 Å². The fourth-order valence-electron chi connectivity index (χ4n) is 2.88. The number of hydrogen-bond donors (Lipinski definition) is 1. The van der Waals surface area contributed by atoms with E-state index in [9.17, 15) is 4.79 Å². The van der Waals surface area contributed by atoms with E-state index in [2.05, 4.69) is 4.90 Å². The Hall–Kier alpha value is -2.23. The zero-order valence-corrected chi connectivity index (χ0v) is 11.4. The van der Waals surface area contributed by atoms with Gasteiger partial charge in [0.25, 0.3) is 0 Å². The Morgan fingerprint density at radius 2 is 2.15 bits per heavy atom. The Labute approximate surface area is 117 Å². The maximum Gasteiger partial charge on any atom is 0.304 e. The predicted octanol–water partition coefficient (Wildman–Crippen LogP) is 3.17. The monoisotopic (exact) mass is 271 g/mol. The number of aliphatic carboxylic acids is 1. The summed E-state index contributed by atoms with van der Waals surface area (Å²) < 4.78 is 5.62. The molecule has 1 aromatic heterocycles. The van der Waals surface area contributed by atoms with Crippen LogP contribution in [0.4, 0.5) is 5.69 Å². The summed E-state index contributed by atoms with van der Waals surface area (Å²) in [5, 5.41) is 9.04. The van der Waals surface area contributed by atoms with Crippen molar-refractivity contribution in [3.05, 3.63) is 53.5 Å². The van der Waals surface area contributed by atoms with Crippen LogP contribution in [0.3, 0.4) is 0 Å². The van der Waals surface area contributed by atoms with Crippen LogP contribution in [-0.2, 0) is 11.3 Å². The van der Waals surface area contributed by atoms with Crippen molar-refractivity contribution < 1.29 is 14.3 Å². The third-order valence-corrected chi connectivity index (χ3v) is 3.72. The number of aryl methyl sites for hydroxylation is 1. The van der Waals surface area contributed by atoms with Gasteiger partial charge in [-0.3, -0.25) is 4.79 Å². The lowest BCUT2D eigenvalue weighted by atomic mass is 9.98. The number of anilines is 1. The van der Waals surface area contributed by atoms with Crippen molar-refractivity contribution in [2.45, 2.75) is 25.8 Å². The highest BCUT2D eigenvalue weighted by atomic mass is 16.4. The zero-order chi connectivity index (χ0) is 14.1. The molecule has 0 saturated carbocycles. The van der Waals surface area contributed by atoms with Crippen LogP contribution in [-0.4, -0.2) is 17.6 Å². The molecule has 2 heterocycles. The van der Waals surface area contributed by atoms with E-state index in [1.807, 2.05) is 43.3 Å². The van der Waals surface area contributed by atoms with Gasteiger partial charge in [0.05, 0.1) is 13.0 Å². The molecule has 0 amide bonds. The number of carboxylic acids is 1. The third-order valence-electron chi connectivity index (χ3n) is 3.72. The number of hydrogen-bond acceptors (Lipinski definition) is 3. The lowest BCUT2D eigenvalue weighted by molar-refractivity contribution is -0.137. The number of para-hydroxylation sites is 1. The first kappa shape index (κ1) is 12.8. The van der Waals surface area contributed by atoms with Crippen LogP contribution in [0, 0.1) is 6.92 Å². The van der Waals surface area contributed by atoms with Crippen LogP contribution in [0.5, 0.6) is 0 Å². The highest BCUT2D eigenvalue weighted by Gasteiger charge is 2.30.